The minimum absolute atomic E-state index is 0. The van der Waals surface area contributed by atoms with Gasteiger partial charge in [0.15, 0.2) is 0 Å². The number of nitrogens with zero attached hydrogens (tertiary/aromatic N) is 3. The predicted octanol–water partition coefficient (Wildman–Crippen LogP) is 2.62. The molecule has 1 unspecified atom stereocenters. The van der Waals surface area contributed by atoms with Gasteiger partial charge in [-0.25, -0.2) is 4.98 Å². The van der Waals surface area contributed by atoms with Crippen molar-refractivity contribution >= 4 is 56.1 Å². The molecule has 6 N–H and O–H groups in total. The van der Waals surface area contributed by atoms with Gasteiger partial charge in [0.25, 0.3) is 0 Å². The topological polar surface area (TPSA) is 155 Å². The third-order valence-electron chi connectivity index (χ3n) is 5.84. The molecule has 1 fully saturated rings. The van der Waals surface area contributed by atoms with Gasteiger partial charge in [0.1, 0.15) is 22.4 Å². The zero-order chi connectivity index (χ0) is 24.0. The van der Waals surface area contributed by atoms with Crippen molar-refractivity contribution in [2.24, 2.45) is 4.99 Å². The van der Waals surface area contributed by atoms with Crippen LogP contribution in [0.25, 0.3) is 10.9 Å². The van der Waals surface area contributed by atoms with Crippen LogP contribution in [0.4, 0.5) is 5.69 Å². The van der Waals surface area contributed by atoms with Gasteiger partial charge in [0.05, 0.1) is 30.0 Å². The van der Waals surface area contributed by atoms with E-state index in [1.54, 1.807) is 13.3 Å². The first kappa shape index (κ1) is 32.1. The number of anilines is 1. The highest BCUT2D eigenvalue weighted by atomic mass is 32.2. The number of benzene rings is 1. The molecule has 0 amide bonds. The number of aromatic nitrogens is 2. The largest absolute Gasteiger partial charge is 0.491 e. The molecule has 2 aliphatic heterocycles. The Morgan fingerprint density at radius 2 is 2.03 bits per heavy atom. The molecule has 210 valence electrons. The molecule has 5 rings (SSSR count). The van der Waals surface area contributed by atoms with Crippen LogP contribution in [0.1, 0.15) is 13.1 Å². The first-order chi connectivity index (χ1) is 17.2. The zero-order valence-electron chi connectivity index (χ0n) is 20.6. The molecular weight excluding hydrogens is 547 g/mol. The van der Waals surface area contributed by atoms with Crippen LogP contribution in [0.2, 0.25) is 0 Å². The van der Waals surface area contributed by atoms with Gasteiger partial charge < -0.3 is 35.0 Å². The zero-order valence-corrected chi connectivity index (χ0v) is 23.0. The fraction of sp³-hybridized carbons (Fsp3) is 0.440. The number of hydrogen-bond donors (Lipinski definition) is 2. The van der Waals surface area contributed by atoms with Crippen molar-refractivity contribution in [2.45, 2.75) is 17.7 Å². The lowest BCUT2D eigenvalue weighted by Gasteiger charge is -2.27. The summed E-state index contributed by atoms with van der Waals surface area (Å²) in [6, 6.07) is 12.0. The number of aliphatic imine (C=N–C) groups is 1. The molecule has 10 nitrogen and oxygen atoms in total. The molecule has 2 aliphatic rings. The van der Waals surface area contributed by atoms with E-state index in [2.05, 4.69) is 25.7 Å². The van der Waals surface area contributed by atoms with E-state index >= 15 is 0 Å². The summed E-state index contributed by atoms with van der Waals surface area (Å²) in [4.78, 5) is 15.2. The molecule has 0 aliphatic carbocycles. The second kappa shape index (κ2) is 15.5. The quantitative estimate of drug-likeness (QED) is 0.273. The molecular formula is C25H37N5O5S3. The molecule has 13 heteroatoms. The van der Waals surface area contributed by atoms with Crippen LogP contribution in [0, 0.1) is 0 Å². The smallest absolute Gasteiger partial charge is 0.122 e. The van der Waals surface area contributed by atoms with E-state index in [1.165, 1.54) is 11.9 Å². The van der Waals surface area contributed by atoms with Gasteiger partial charge in [-0.1, -0.05) is 25.3 Å². The second-order valence-electron chi connectivity index (χ2n) is 8.37. The molecule has 4 heterocycles. The minimum Gasteiger partial charge on any atom is -0.491 e. The molecule has 3 aromatic rings. The van der Waals surface area contributed by atoms with E-state index in [0.29, 0.717) is 18.5 Å². The van der Waals surface area contributed by atoms with Crippen LogP contribution < -0.4 is 9.46 Å². The first-order valence-corrected chi connectivity index (χ1v) is 14.8. The van der Waals surface area contributed by atoms with Crippen LogP contribution in [0.15, 0.2) is 52.6 Å². The third kappa shape index (κ3) is 8.18. The number of H-pyrrole nitrogens is 1. The summed E-state index contributed by atoms with van der Waals surface area (Å²) in [5, 5.41) is 3.41. The van der Waals surface area contributed by atoms with E-state index in [1.807, 2.05) is 42.1 Å². The van der Waals surface area contributed by atoms with Gasteiger partial charge in [-0.2, -0.15) is 0 Å². The van der Waals surface area contributed by atoms with Crippen LogP contribution in [0.5, 0.6) is 5.75 Å². The van der Waals surface area contributed by atoms with Crippen LogP contribution in [-0.4, -0.2) is 98.3 Å². The SMILES string of the molecule is C.COCCOc1cc(NSc2ccccn2)c2[nH]c(C3=NCC(CN4CCS(=O)CC4)S3)cc2c1.O.O. The summed E-state index contributed by atoms with van der Waals surface area (Å²) in [5.74, 6) is 2.35. The summed E-state index contributed by atoms with van der Waals surface area (Å²) in [6.45, 7) is 4.64. The lowest BCUT2D eigenvalue weighted by molar-refractivity contribution is 0.146. The van der Waals surface area contributed by atoms with Crippen LogP contribution in [-0.2, 0) is 15.5 Å². The summed E-state index contributed by atoms with van der Waals surface area (Å²) in [5.41, 5.74) is 2.96. The van der Waals surface area contributed by atoms with Crippen LogP contribution in [0.3, 0.4) is 0 Å². The summed E-state index contributed by atoms with van der Waals surface area (Å²) >= 11 is 3.29. The average Bonchev–Trinajstić information content (AvgIpc) is 3.52. The number of nitrogens with one attached hydrogen (secondary N) is 2. The number of fused-ring (bicyclic) bond motifs is 1. The van der Waals surface area contributed by atoms with E-state index < -0.39 is 10.8 Å². The Morgan fingerprint density at radius 3 is 2.76 bits per heavy atom. The van der Waals surface area contributed by atoms with Gasteiger partial charge in [-0.3, -0.25) is 9.20 Å². The molecule has 0 spiro atoms. The predicted molar refractivity (Wildman–Crippen MR) is 160 cm³/mol. The summed E-state index contributed by atoms with van der Waals surface area (Å²) in [6.07, 6.45) is 1.78. The Kier molecular flexibility index (Phi) is 13.1. The normalized spacial score (nSPS) is 17.7. The van der Waals surface area contributed by atoms with Gasteiger partial charge in [-0.15, -0.1) is 0 Å². The Morgan fingerprint density at radius 1 is 1.21 bits per heavy atom. The van der Waals surface area contributed by atoms with Gasteiger partial charge in [0.2, 0.25) is 0 Å². The Balaban J connectivity index is 0.00000169. The highest BCUT2D eigenvalue weighted by Crippen LogP contribution is 2.35. The van der Waals surface area contributed by atoms with Crippen molar-refractivity contribution in [1.82, 2.24) is 14.9 Å². The maximum absolute atomic E-state index is 11.6. The van der Waals surface area contributed by atoms with E-state index in [-0.39, 0.29) is 18.4 Å². The molecule has 0 saturated carbocycles. The van der Waals surface area contributed by atoms with Crippen molar-refractivity contribution < 1.29 is 24.6 Å². The van der Waals surface area contributed by atoms with E-state index in [0.717, 1.165) is 75.8 Å². The molecule has 0 bridgehead atoms. The third-order valence-corrected chi connectivity index (χ3v) is 9.09. The lowest BCUT2D eigenvalue weighted by atomic mass is 10.2. The maximum atomic E-state index is 11.6. The van der Waals surface area contributed by atoms with E-state index in [4.69, 9.17) is 14.5 Å². The number of aromatic amines is 1. The lowest BCUT2D eigenvalue weighted by Crippen LogP contribution is -2.41. The van der Waals surface area contributed by atoms with Gasteiger partial charge in [0, 0.05) is 83.9 Å². The molecule has 1 aromatic carbocycles. The summed E-state index contributed by atoms with van der Waals surface area (Å²) in [7, 11) is 1.03. The highest BCUT2D eigenvalue weighted by molar-refractivity contribution is 8.15. The second-order valence-corrected chi connectivity index (χ2v) is 12.2. The van der Waals surface area contributed by atoms with Crippen molar-refractivity contribution in [3.05, 3.63) is 48.3 Å². The first-order valence-electron chi connectivity index (χ1n) is 11.6. The van der Waals surface area contributed by atoms with Crippen molar-refractivity contribution in [1.29, 1.82) is 0 Å². The minimum atomic E-state index is -0.642. The number of rotatable bonds is 10. The number of thioether (sulfide) groups is 1. The Bertz CT molecular complexity index is 1200. The summed E-state index contributed by atoms with van der Waals surface area (Å²) < 4.78 is 26.1. The van der Waals surface area contributed by atoms with Gasteiger partial charge in [-0.05, 0) is 24.3 Å². The Hall–Kier alpha value is -2.13. The molecule has 1 saturated heterocycles. The molecule has 38 heavy (non-hydrogen) atoms. The molecule has 0 radical (unpaired) electrons. The van der Waals surface area contributed by atoms with Crippen molar-refractivity contribution in [3.63, 3.8) is 0 Å². The molecule has 1 atom stereocenters. The maximum Gasteiger partial charge on any atom is 0.122 e. The van der Waals surface area contributed by atoms with Crippen molar-refractivity contribution in [2.75, 3.05) is 62.7 Å². The highest BCUT2D eigenvalue weighted by Gasteiger charge is 2.26. The number of hydrogen-bond acceptors (Lipinski definition) is 9. The number of ether oxygens (including phenoxy) is 2. The molecule has 2 aromatic heterocycles. The fourth-order valence-electron chi connectivity index (χ4n) is 4.06. The van der Waals surface area contributed by atoms with Crippen LogP contribution >= 0.6 is 23.7 Å². The standard InChI is InChI=1S/C24H29N5O3S3.CH4.2H2O/c1-31-8-9-32-18-12-17-13-21(24-26-15-19(33-24)16-29-6-10-35(30)11-7-29)27-23(17)20(14-18)28-34-22-4-2-3-5-25-22;;;/h2-5,12-14,19,27-28H,6-11,15-16H2,1H3;1H4;2*1H2. The van der Waals surface area contributed by atoms with Gasteiger partial charge >= 0.3 is 0 Å². The van der Waals surface area contributed by atoms with E-state index in [9.17, 15) is 4.21 Å². The van der Waals surface area contributed by atoms with Crippen molar-refractivity contribution in [3.8, 4) is 5.75 Å². The average molecular weight is 584 g/mol. The number of methoxy groups -OCH3 is 1. The monoisotopic (exact) mass is 583 g/mol. The number of pyridine rings is 1. The fourth-order valence-corrected chi connectivity index (χ4v) is 6.96. The Labute approximate surface area is 234 Å².